The van der Waals surface area contributed by atoms with Crippen molar-refractivity contribution < 1.29 is 22.8 Å². The lowest BCUT2D eigenvalue weighted by molar-refractivity contribution is -0.137. The number of nitrogens with zero attached hydrogens (tertiary/aromatic N) is 5. The molecule has 0 aliphatic carbocycles. The predicted octanol–water partition coefficient (Wildman–Crippen LogP) is 1.77. The molecule has 1 saturated heterocycles. The Hall–Kier alpha value is -4.22. The van der Waals surface area contributed by atoms with Crippen molar-refractivity contribution in [1.82, 2.24) is 24.1 Å². The molecular weight excluding hydrogens is 479 g/mol. The van der Waals surface area contributed by atoms with Crippen molar-refractivity contribution in [3.8, 4) is 5.69 Å². The molecule has 0 unspecified atom stereocenters. The second kappa shape index (κ2) is 9.80. The van der Waals surface area contributed by atoms with Crippen molar-refractivity contribution >= 4 is 11.8 Å². The summed E-state index contributed by atoms with van der Waals surface area (Å²) in [4.78, 5) is 54.3. The quantitative estimate of drug-likeness (QED) is 0.543. The van der Waals surface area contributed by atoms with Gasteiger partial charge in [0.1, 0.15) is 0 Å². The van der Waals surface area contributed by atoms with Crippen LogP contribution in [0.3, 0.4) is 0 Å². The van der Waals surface area contributed by atoms with Crippen LogP contribution in [0.25, 0.3) is 5.69 Å². The summed E-state index contributed by atoms with van der Waals surface area (Å²) in [7, 11) is 0. The molecule has 4 rings (SSSR count). The number of carbonyl (C=O) groups excluding carboxylic acids is 2. The Balaban J connectivity index is 1.78. The fourth-order valence-corrected chi connectivity index (χ4v) is 3.93. The standard InChI is InChI=1S/C24H22F3N5O4/c1-16(33)29-10-12-30(13-11-29)21(34)20-22(35)31(15-17-6-5-7-18(14-17)24(25,26)27)23(36)32(28-20)19-8-3-2-4-9-19/h2-9,14H,10-13,15H2,1H3. The highest BCUT2D eigenvalue weighted by Crippen LogP contribution is 2.29. The fraction of sp³-hybridized carbons (Fsp3) is 0.292. The van der Waals surface area contributed by atoms with E-state index in [2.05, 4.69) is 5.10 Å². The highest BCUT2D eigenvalue weighted by molar-refractivity contribution is 5.92. The van der Waals surface area contributed by atoms with Crippen LogP contribution in [0, 0.1) is 0 Å². The first-order valence-corrected chi connectivity index (χ1v) is 11.1. The molecule has 0 bridgehead atoms. The number of aromatic nitrogens is 3. The van der Waals surface area contributed by atoms with Gasteiger partial charge in [0, 0.05) is 33.1 Å². The summed E-state index contributed by atoms with van der Waals surface area (Å²) >= 11 is 0. The van der Waals surface area contributed by atoms with E-state index in [0.717, 1.165) is 16.8 Å². The lowest BCUT2D eigenvalue weighted by Gasteiger charge is -2.33. The Morgan fingerprint density at radius 1 is 0.917 bits per heavy atom. The second-order valence-corrected chi connectivity index (χ2v) is 8.27. The molecule has 36 heavy (non-hydrogen) atoms. The van der Waals surface area contributed by atoms with Crippen molar-refractivity contribution in [2.45, 2.75) is 19.6 Å². The van der Waals surface area contributed by atoms with Gasteiger partial charge < -0.3 is 9.80 Å². The minimum absolute atomic E-state index is 0.0586. The van der Waals surface area contributed by atoms with Crippen LogP contribution < -0.4 is 11.2 Å². The average Bonchev–Trinajstić information content (AvgIpc) is 2.86. The topological polar surface area (TPSA) is 97.5 Å². The molecule has 0 radical (unpaired) electrons. The molecule has 1 aliphatic rings. The summed E-state index contributed by atoms with van der Waals surface area (Å²) in [5.74, 6) is -0.869. The molecule has 3 aromatic rings. The van der Waals surface area contributed by atoms with E-state index in [1.165, 1.54) is 24.0 Å². The largest absolute Gasteiger partial charge is 0.416 e. The van der Waals surface area contributed by atoms with Crippen LogP contribution >= 0.6 is 0 Å². The summed E-state index contributed by atoms with van der Waals surface area (Å²) < 4.78 is 41.1. The van der Waals surface area contributed by atoms with Crippen LogP contribution in [-0.4, -0.2) is 62.1 Å². The normalized spacial score (nSPS) is 14.1. The lowest BCUT2D eigenvalue weighted by atomic mass is 10.1. The number of hydrogen-bond acceptors (Lipinski definition) is 5. The van der Waals surface area contributed by atoms with Gasteiger partial charge in [0.15, 0.2) is 0 Å². The Bertz CT molecular complexity index is 1410. The fourth-order valence-electron chi connectivity index (χ4n) is 3.93. The Morgan fingerprint density at radius 2 is 1.56 bits per heavy atom. The number of rotatable bonds is 4. The van der Waals surface area contributed by atoms with Gasteiger partial charge >= 0.3 is 11.9 Å². The maximum absolute atomic E-state index is 13.3. The molecule has 1 fully saturated rings. The molecule has 0 saturated carbocycles. The molecule has 2 amide bonds. The third kappa shape index (κ3) is 5.07. The zero-order valence-corrected chi connectivity index (χ0v) is 19.2. The minimum atomic E-state index is -4.60. The van der Waals surface area contributed by atoms with E-state index in [0.29, 0.717) is 4.57 Å². The van der Waals surface area contributed by atoms with Gasteiger partial charge in [0.05, 0.1) is 17.8 Å². The molecule has 2 aromatic carbocycles. The number of para-hydroxylation sites is 1. The molecule has 2 heterocycles. The van der Waals surface area contributed by atoms with Crippen molar-refractivity contribution in [2.75, 3.05) is 26.2 Å². The van der Waals surface area contributed by atoms with Crippen molar-refractivity contribution in [1.29, 1.82) is 0 Å². The van der Waals surface area contributed by atoms with Gasteiger partial charge in [-0.1, -0.05) is 30.3 Å². The first kappa shape index (κ1) is 24.9. The molecule has 0 N–H and O–H groups in total. The summed E-state index contributed by atoms with van der Waals surface area (Å²) in [6.07, 6.45) is -4.60. The van der Waals surface area contributed by atoms with Crippen LogP contribution in [0.2, 0.25) is 0 Å². The number of alkyl halides is 3. The van der Waals surface area contributed by atoms with E-state index in [1.807, 2.05) is 0 Å². The third-order valence-corrected chi connectivity index (χ3v) is 5.87. The monoisotopic (exact) mass is 501 g/mol. The Morgan fingerprint density at radius 3 is 2.17 bits per heavy atom. The van der Waals surface area contributed by atoms with Crippen molar-refractivity contribution in [3.05, 3.63) is 92.3 Å². The lowest BCUT2D eigenvalue weighted by Crippen LogP contribution is -2.52. The van der Waals surface area contributed by atoms with E-state index in [4.69, 9.17) is 0 Å². The number of amides is 2. The first-order valence-electron chi connectivity index (χ1n) is 11.1. The summed E-state index contributed by atoms with van der Waals surface area (Å²) in [6.45, 7) is 1.81. The molecule has 1 aromatic heterocycles. The predicted molar refractivity (Wildman–Crippen MR) is 123 cm³/mol. The van der Waals surface area contributed by atoms with Gasteiger partial charge in [-0.15, -0.1) is 0 Å². The van der Waals surface area contributed by atoms with Crippen LogP contribution in [-0.2, 0) is 17.5 Å². The van der Waals surface area contributed by atoms with Gasteiger partial charge in [-0.05, 0) is 29.8 Å². The Labute approximate surface area is 203 Å². The van der Waals surface area contributed by atoms with Gasteiger partial charge in [-0.25, -0.2) is 4.79 Å². The highest BCUT2D eigenvalue weighted by atomic mass is 19.4. The summed E-state index contributed by atoms with van der Waals surface area (Å²) in [5.41, 5.74) is -3.05. The number of carbonyl (C=O) groups is 2. The third-order valence-electron chi connectivity index (χ3n) is 5.87. The minimum Gasteiger partial charge on any atom is -0.339 e. The molecule has 9 nitrogen and oxygen atoms in total. The van der Waals surface area contributed by atoms with Gasteiger partial charge in [0.25, 0.3) is 11.5 Å². The number of piperazine rings is 1. The summed E-state index contributed by atoms with van der Waals surface area (Å²) in [5, 5.41) is 4.05. The van der Waals surface area contributed by atoms with Crippen LogP contribution in [0.1, 0.15) is 28.5 Å². The van der Waals surface area contributed by atoms with Gasteiger partial charge in [-0.2, -0.15) is 23.0 Å². The molecular formula is C24H22F3N5O4. The average molecular weight is 501 g/mol. The van der Waals surface area contributed by atoms with Crippen LogP contribution in [0.4, 0.5) is 13.2 Å². The molecule has 0 spiro atoms. The first-order chi connectivity index (χ1) is 17.1. The van der Waals surface area contributed by atoms with E-state index in [1.54, 1.807) is 35.2 Å². The number of hydrogen-bond donors (Lipinski definition) is 0. The number of halogens is 3. The Kier molecular flexibility index (Phi) is 6.77. The molecule has 1 aliphatic heterocycles. The SMILES string of the molecule is CC(=O)N1CCN(C(=O)c2nn(-c3ccccc3)c(=O)n(Cc3cccc(C(F)(F)F)c3)c2=O)CC1. The van der Waals surface area contributed by atoms with E-state index >= 15 is 0 Å². The maximum Gasteiger partial charge on any atom is 0.416 e. The zero-order chi connectivity index (χ0) is 26.0. The smallest absolute Gasteiger partial charge is 0.339 e. The second-order valence-electron chi connectivity index (χ2n) is 8.27. The van der Waals surface area contributed by atoms with E-state index in [9.17, 15) is 32.3 Å². The highest BCUT2D eigenvalue weighted by Gasteiger charge is 2.31. The maximum atomic E-state index is 13.3. The van der Waals surface area contributed by atoms with Crippen LogP contribution in [0.15, 0.2) is 64.2 Å². The van der Waals surface area contributed by atoms with Crippen LogP contribution in [0.5, 0.6) is 0 Å². The van der Waals surface area contributed by atoms with Gasteiger partial charge in [0.2, 0.25) is 11.6 Å². The molecule has 188 valence electrons. The number of benzene rings is 2. The van der Waals surface area contributed by atoms with Crippen molar-refractivity contribution in [2.24, 2.45) is 0 Å². The van der Waals surface area contributed by atoms with Gasteiger partial charge in [-0.3, -0.25) is 19.0 Å². The zero-order valence-electron chi connectivity index (χ0n) is 19.2. The molecule has 12 heteroatoms. The van der Waals surface area contributed by atoms with Crippen molar-refractivity contribution in [3.63, 3.8) is 0 Å². The van der Waals surface area contributed by atoms with E-state index in [-0.39, 0.29) is 43.3 Å². The van der Waals surface area contributed by atoms with E-state index < -0.39 is 41.1 Å². The summed E-state index contributed by atoms with van der Waals surface area (Å²) in [6, 6.07) is 12.3. The molecule has 0 atom stereocenters.